The lowest BCUT2D eigenvalue weighted by Gasteiger charge is -2.16. The normalized spacial score (nSPS) is 15.2. The van der Waals surface area contributed by atoms with Crippen molar-refractivity contribution in [1.29, 1.82) is 0 Å². The number of anilines is 2. The summed E-state index contributed by atoms with van der Waals surface area (Å²) in [6, 6.07) is 12.0. The van der Waals surface area contributed by atoms with Gasteiger partial charge in [0, 0.05) is 30.4 Å². The number of likely N-dealkylation sites (N-methyl/N-ethyl adjacent to an activating group) is 1. The fourth-order valence-corrected chi connectivity index (χ4v) is 6.89. The van der Waals surface area contributed by atoms with E-state index in [0.29, 0.717) is 18.5 Å². The number of imide groups is 1. The molecule has 0 aliphatic carbocycles. The molecule has 3 amide bonds. The van der Waals surface area contributed by atoms with Crippen LogP contribution in [0.5, 0.6) is 0 Å². The Morgan fingerprint density at radius 1 is 0.822 bits per heavy atom. The number of Topliss-reactive ketones (excluding diaryl/α,β-unsaturated/α-hetero) is 1. The van der Waals surface area contributed by atoms with Crippen molar-refractivity contribution in [3.8, 4) is 0 Å². The molecule has 248 valence electrons. The first-order valence-electron chi connectivity index (χ1n) is 16.7. The monoisotopic (exact) mass is 640 g/mol. The molecule has 1 aliphatic rings. The summed E-state index contributed by atoms with van der Waals surface area (Å²) in [4.78, 5) is 41.3. The van der Waals surface area contributed by atoms with E-state index < -0.39 is 40.3 Å². The number of benzene rings is 2. The third kappa shape index (κ3) is 12.1. The van der Waals surface area contributed by atoms with Gasteiger partial charge in [0.25, 0.3) is 5.91 Å². The first-order chi connectivity index (χ1) is 21.6. The van der Waals surface area contributed by atoms with Gasteiger partial charge in [-0.05, 0) is 36.2 Å². The van der Waals surface area contributed by atoms with E-state index in [0.717, 1.165) is 29.7 Å². The number of unbranched alkanes of at least 4 members (excludes halogenated alkanes) is 13. The van der Waals surface area contributed by atoms with Crippen LogP contribution in [0.25, 0.3) is 0 Å². The van der Waals surface area contributed by atoms with Gasteiger partial charge in [-0.15, -0.1) is 0 Å². The van der Waals surface area contributed by atoms with E-state index in [1.165, 1.54) is 75.2 Å². The number of amides is 3. The minimum Gasteiger partial charge on any atom is -0.399 e. The number of nitrogen functional groups attached to an aromatic ring is 1. The van der Waals surface area contributed by atoms with E-state index in [1.807, 2.05) is 0 Å². The molecule has 1 fully saturated rings. The molecule has 1 atom stereocenters. The average Bonchev–Trinajstić information content (AvgIpc) is 3.20. The second-order valence-corrected chi connectivity index (χ2v) is 14.1. The zero-order chi connectivity index (χ0) is 32.7. The molecule has 1 aliphatic heterocycles. The number of urea groups is 1. The standard InChI is InChI=1S/C35H52N4O5S/c1-3-4-5-6-7-8-9-10-11-12-13-14-15-16-24-45(43,44)37-31-19-17-18-29(26-31)33(40)27-39-34(41)32(38(2)35(39)42)25-28-20-22-30(36)23-21-28/h17-23,26,32,37H,3-16,24-25,27,36H2,1-2H3. The van der Waals surface area contributed by atoms with Gasteiger partial charge in [0.15, 0.2) is 5.78 Å². The summed E-state index contributed by atoms with van der Waals surface area (Å²) in [5.41, 5.74) is 7.70. The smallest absolute Gasteiger partial charge is 0.327 e. The van der Waals surface area contributed by atoms with Crippen LogP contribution in [0.1, 0.15) is 113 Å². The van der Waals surface area contributed by atoms with E-state index in [9.17, 15) is 22.8 Å². The summed E-state index contributed by atoms with van der Waals surface area (Å²) in [5.74, 6) is -0.884. The highest BCUT2D eigenvalue weighted by Gasteiger charge is 2.43. The number of hydrogen-bond donors (Lipinski definition) is 2. The van der Waals surface area contributed by atoms with Gasteiger partial charge in [-0.25, -0.2) is 13.2 Å². The van der Waals surface area contributed by atoms with Gasteiger partial charge in [0.05, 0.1) is 12.3 Å². The Morgan fingerprint density at radius 3 is 1.96 bits per heavy atom. The molecule has 2 aromatic carbocycles. The van der Waals surface area contributed by atoms with Crippen molar-refractivity contribution in [3.63, 3.8) is 0 Å². The molecule has 45 heavy (non-hydrogen) atoms. The highest BCUT2D eigenvalue weighted by molar-refractivity contribution is 7.92. The molecule has 10 heteroatoms. The minimum absolute atomic E-state index is 0.0156. The number of nitrogens with two attached hydrogens (primary N) is 1. The Hall–Kier alpha value is -3.40. The van der Waals surface area contributed by atoms with Crippen molar-refractivity contribution in [1.82, 2.24) is 9.80 Å². The van der Waals surface area contributed by atoms with E-state index in [4.69, 9.17) is 5.73 Å². The molecule has 1 unspecified atom stereocenters. The molecule has 0 spiro atoms. The van der Waals surface area contributed by atoms with Crippen LogP contribution in [-0.4, -0.2) is 61.3 Å². The lowest BCUT2D eigenvalue weighted by atomic mass is 10.0. The number of rotatable bonds is 22. The third-order valence-corrected chi connectivity index (χ3v) is 9.86. The molecule has 3 rings (SSSR count). The Bertz CT molecular complexity index is 1350. The maximum Gasteiger partial charge on any atom is 0.327 e. The van der Waals surface area contributed by atoms with Gasteiger partial charge in [-0.3, -0.25) is 19.2 Å². The Labute approximate surface area is 270 Å². The number of nitrogens with one attached hydrogen (secondary N) is 1. The summed E-state index contributed by atoms with van der Waals surface area (Å²) in [6.45, 7) is 1.82. The molecule has 2 aromatic rings. The van der Waals surface area contributed by atoms with E-state index >= 15 is 0 Å². The Balaban J connectivity index is 1.38. The molecule has 0 bridgehead atoms. The van der Waals surface area contributed by atoms with Crippen molar-refractivity contribution in [2.24, 2.45) is 0 Å². The van der Waals surface area contributed by atoms with Crippen LogP contribution in [0, 0.1) is 0 Å². The van der Waals surface area contributed by atoms with E-state index in [1.54, 1.807) is 49.5 Å². The SMILES string of the molecule is CCCCCCCCCCCCCCCCS(=O)(=O)Nc1cccc(C(=O)CN2C(=O)C(Cc3ccc(N)cc3)N(C)C2=O)c1. The number of ketones is 1. The van der Waals surface area contributed by atoms with Gasteiger partial charge in [-0.2, -0.15) is 0 Å². The van der Waals surface area contributed by atoms with E-state index in [2.05, 4.69) is 11.6 Å². The van der Waals surface area contributed by atoms with Crippen LogP contribution in [0.4, 0.5) is 16.2 Å². The molecular weight excluding hydrogens is 588 g/mol. The summed E-state index contributed by atoms with van der Waals surface area (Å²) in [5, 5.41) is 0. The number of nitrogens with zero attached hydrogens (tertiary/aromatic N) is 2. The zero-order valence-corrected chi connectivity index (χ0v) is 28.0. The maximum atomic E-state index is 13.1. The fourth-order valence-electron chi connectivity index (χ4n) is 5.72. The molecule has 9 nitrogen and oxygen atoms in total. The van der Waals surface area contributed by atoms with Gasteiger partial charge in [0.1, 0.15) is 6.04 Å². The number of carbonyl (C=O) groups is 3. The fraction of sp³-hybridized carbons (Fsp3) is 0.571. The van der Waals surface area contributed by atoms with Crippen LogP contribution in [0.2, 0.25) is 0 Å². The van der Waals surface area contributed by atoms with E-state index in [-0.39, 0.29) is 17.0 Å². The highest BCUT2D eigenvalue weighted by atomic mass is 32.2. The van der Waals surface area contributed by atoms with Crippen molar-refractivity contribution in [2.45, 2.75) is 109 Å². The molecule has 0 radical (unpaired) electrons. The molecule has 3 N–H and O–H groups in total. The van der Waals surface area contributed by atoms with Gasteiger partial charge < -0.3 is 10.6 Å². The largest absolute Gasteiger partial charge is 0.399 e. The number of hydrogen-bond acceptors (Lipinski definition) is 6. The van der Waals surface area contributed by atoms with Crippen LogP contribution < -0.4 is 10.5 Å². The van der Waals surface area contributed by atoms with Crippen LogP contribution in [0.3, 0.4) is 0 Å². The van der Waals surface area contributed by atoms with Gasteiger partial charge >= 0.3 is 6.03 Å². The lowest BCUT2D eigenvalue weighted by molar-refractivity contribution is -0.127. The molecule has 0 aromatic heterocycles. The first-order valence-corrected chi connectivity index (χ1v) is 18.3. The van der Waals surface area contributed by atoms with Crippen molar-refractivity contribution < 1.29 is 22.8 Å². The molecule has 1 heterocycles. The summed E-state index contributed by atoms with van der Waals surface area (Å²) in [6.07, 6.45) is 17.1. The Morgan fingerprint density at radius 2 is 1.38 bits per heavy atom. The van der Waals surface area contributed by atoms with Gasteiger partial charge in [-0.1, -0.05) is 115 Å². The van der Waals surface area contributed by atoms with Crippen LogP contribution in [0.15, 0.2) is 48.5 Å². The lowest BCUT2D eigenvalue weighted by Crippen LogP contribution is -2.36. The van der Waals surface area contributed by atoms with Crippen LogP contribution >= 0.6 is 0 Å². The Kier molecular flexibility index (Phi) is 14.9. The molecule has 1 saturated heterocycles. The zero-order valence-electron chi connectivity index (χ0n) is 27.1. The second kappa shape index (κ2) is 18.5. The predicted octanol–water partition coefficient (Wildman–Crippen LogP) is 7.18. The van der Waals surface area contributed by atoms with Crippen molar-refractivity contribution >= 4 is 39.1 Å². The summed E-state index contributed by atoms with van der Waals surface area (Å²) < 4.78 is 28.0. The first kappa shape index (κ1) is 36.1. The predicted molar refractivity (Wildman–Crippen MR) is 182 cm³/mol. The minimum atomic E-state index is -3.57. The topological polar surface area (TPSA) is 130 Å². The third-order valence-electron chi connectivity index (χ3n) is 8.49. The maximum absolute atomic E-state index is 13.1. The van der Waals surface area contributed by atoms with Crippen molar-refractivity contribution in [2.75, 3.05) is 29.8 Å². The number of sulfonamides is 1. The molecule has 0 saturated carbocycles. The quantitative estimate of drug-likeness (QED) is 0.0607. The second-order valence-electron chi connectivity index (χ2n) is 12.3. The van der Waals surface area contributed by atoms with Crippen molar-refractivity contribution in [3.05, 3.63) is 59.7 Å². The summed E-state index contributed by atoms with van der Waals surface area (Å²) in [7, 11) is -2.03. The molecular formula is C35H52N4O5S. The average molecular weight is 641 g/mol. The van der Waals surface area contributed by atoms with Crippen LogP contribution in [-0.2, 0) is 21.2 Å². The highest BCUT2D eigenvalue weighted by Crippen LogP contribution is 2.22. The number of carbonyl (C=O) groups excluding carboxylic acids is 3. The van der Waals surface area contributed by atoms with Gasteiger partial charge in [0.2, 0.25) is 10.0 Å². The summed E-state index contributed by atoms with van der Waals surface area (Å²) >= 11 is 0.